The zero-order valence-electron chi connectivity index (χ0n) is 19.9. The zero-order chi connectivity index (χ0) is 24.6. The van der Waals surface area contributed by atoms with E-state index in [4.69, 9.17) is 0 Å². The lowest BCUT2D eigenvalue weighted by atomic mass is 10.1. The highest BCUT2D eigenvalue weighted by Crippen LogP contribution is 2.35. The van der Waals surface area contributed by atoms with Crippen molar-refractivity contribution in [3.8, 4) is 5.69 Å². The van der Waals surface area contributed by atoms with E-state index in [0.29, 0.717) is 21.3 Å². The Morgan fingerprint density at radius 2 is 1.82 bits per heavy atom. The van der Waals surface area contributed by atoms with Crippen LogP contribution in [-0.2, 0) is 11.2 Å². The van der Waals surface area contributed by atoms with E-state index in [9.17, 15) is 14.7 Å². The van der Waals surface area contributed by atoms with E-state index in [0.717, 1.165) is 29.1 Å². The van der Waals surface area contributed by atoms with Gasteiger partial charge < -0.3 is 9.67 Å². The van der Waals surface area contributed by atoms with Crippen molar-refractivity contribution in [2.24, 2.45) is 4.99 Å². The minimum atomic E-state index is -0.997. The predicted octanol–water partition coefficient (Wildman–Crippen LogP) is 5.90. The van der Waals surface area contributed by atoms with Gasteiger partial charge in [0.25, 0.3) is 5.91 Å². The van der Waals surface area contributed by atoms with Crippen LogP contribution in [0.5, 0.6) is 0 Å². The molecule has 1 N–H and O–H groups in total. The Balaban J connectivity index is 1.68. The number of nitrogens with zero attached hydrogens (tertiary/aromatic N) is 3. The number of aromatic carboxylic acids is 1. The molecule has 0 spiro atoms. The van der Waals surface area contributed by atoms with Crippen molar-refractivity contribution in [2.45, 2.75) is 34.1 Å². The van der Waals surface area contributed by atoms with E-state index in [1.807, 2.05) is 6.08 Å². The van der Waals surface area contributed by atoms with Crippen LogP contribution in [0.2, 0.25) is 0 Å². The molecule has 7 heteroatoms. The monoisotopic (exact) mass is 473 g/mol. The third kappa shape index (κ3) is 4.31. The lowest BCUT2D eigenvalue weighted by Gasteiger charge is -2.10. The van der Waals surface area contributed by atoms with Crippen molar-refractivity contribution in [2.75, 3.05) is 7.05 Å². The van der Waals surface area contributed by atoms with Crippen molar-refractivity contribution < 1.29 is 14.7 Å². The highest BCUT2D eigenvalue weighted by Gasteiger charge is 2.31. The quantitative estimate of drug-likeness (QED) is 0.469. The average Bonchev–Trinajstić information content (AvgIpc) is 3.24. The maximum Gasteiger partial charge on any atom is 0.336 e. The second-order valence-corrected chi connectivity index (χ2v) is 9.32. The van der Waals surface area contributed by atoms with Crippen molar-refractivity contribution in [1.29, 1.82) is 0 Å². The highest BCUT2D eigenvalue weighted by atomic mass is 32.2. The summed E-state index contributed by atoms with van der Waals surface area (Å²) < 4.78 is 2.19. The van der Waals surface area contributed by atoms with Gasteiger partial charge in [-0.1, -0.05) is 25.1 Å². The number of aromatic nitrogens is 1. The molecule has 0 aliphatic carbocycles. The van der Waals surface area contributed by atoms with Gasteiger partial charge in [0.15, 0.2) is 5.17 Å². The fraction of sp³-hybridized carbons (Fsp3) is 0.222. The largest absolute Gasteiger partial charge is 0.478 e. The summed E-state index contributed by atoms with van der Waals surface area (Å²) in [4.78, 5) is 31.1. The molecule has 3 aromatic rings. The van der Waals surface area contributed by atoms with Crippen LogP contribution in [0.15, 0.2) is 58.4 Å². The number of amidine groups is 1. The van der Waals surface area contributed by atoms with E-state index in [1.165, 1.54) is 22.2 Å². The number of carboxylic acids is 1. The van der Waals surface area contributed by atoms with E-state index in [1.54, 1.807) is 32.2 Å². The molecule has 174 valence electrons. The second kappa shape index (κ2) is 9.35. The van der Waals surface area contributed by atoms with Gasteiger partial charge >= 0.3 is 5.97 Å². The molecule has 1 aliphatic heterocycles. The first-order chi connectivity index (χ1) is 16.2. The van der Waals surface area contributed by atoms with Crippen LogP contribution in [0.4, 0.5) is 5.69 Å². The number of rotatable bonds is 5. The number of carbonyl (C=O) groups excluding carboxylic acids is 1. The lowest BCUT2D eigenvalue weighted by molar-refractivity contribution is -0.121. The molecule has 6 nitrogen and oxygen atoms in total. The highest BCUT2D eigenvalue weighted by molar-refractivity contribution is 8.18. The maximum absolute atomic E-state index is 13.0. The van der Waals surface area contributed by atoms with Crippen LogP contribution in [0, 0.1) is 20.8 Å². The SMILES string of the molecule is CCc1ccc(-n2c(C)cc(/C=C3\SC(=Nc4cccc(C(=O)O)c4C)N(C)C3=O)c2C)cc1. The standard InChI is InChI=1S/C27H27N3O3S/c1-6-19-10-12-21(13-11-19)30-16(2)14-20(18(30)4)15-24-25(31)29(5)27(34-24)28-23-9-7-8-22(17(23)3)26(32)33/h7-15H,6H2,1-5H3,(H,32,33)/b24-15-,28-27?. The zero-order valence-corrected chi connectivity index (χ0v) is 20.7. The first-order valence-electron chi connectivity index (χ1n) is 11.1. The summed E-state index contributed by atoms with van der Waals surface area (Å²) in [7, 11) is 1.68. The van der Waals surface area contributed by atoms with Gasteiger partial charge in [-0.05, 0) is 92.1 Å². The third-order valence-corrected chi connectivity index (χ3v) is 7.18. The van der Waals surface area contributed by atoms with Crippen LogP contribution >= 0.6 is 11.8 Å². The van der Waals surface area contributed by atoms with E-state index in [-0.39, 0.29) is 11.5 Å². The van der Waals surface area contributed by atoms with Gasteiger partial charge in [-0.2, -0.15) is 0 Å². The van der Waals surface area contributed by atoms with E-state index < -0.39 is 5.97 Å². The Morgan fingerprint density at radius 3 is 2.47 bits per heavy atom. The molecule has 0 atom stereocenters. The normalized spacial score (nSPS) is 16.1. The molecule has 1 aromatic heterocycles. The number of hydrogen-bond acceptors (Lipinski definition) is 4. The van der Waals surface area contributed by atoms with Crippen LogP contribution in [0.25, 0.3) is 11.8 Å². The fourth-order valence-electron chi connectivity index (χ4n) is 4.08. The van der Waals surface area contributed by atoms with Gasteiger partial charge in [0, 0.05) is 24.1 Å². The number of hydrogen-bond donors (Lipinski definition) is 1. The Kier molecular flexibility index (Phi) is 6.48. The average molecular weight is 474 g/mol. The molecule has 1 aliphatic rings. The Bertz CT molecular complexity index is 1350. The van der Waals surface area contributed by atoms with Crippen molar-refractivity contribution in [1.82, 2.24) is 9.47 Å². The summed E-state index contributed by atoms with van der Waals surface area (Å²) in [5.74, 6) is -1.13. The smallest absolute Gasteiger partial charge is 0.336 e. The van der Waals surface area contributed by atoms with E-state index >= 15 is 0 Å². The number of carboxylic acid groups (broad SMARTS) is 1. The molecule has 1 saturated heterocycles. The molecule has 1 fully saturated rings. The van der Waals surface area contributed by atoms with Crippen LogP contribution in [0.1, 0.15) is 45.4 Å². The van der Waals surface area contributed by atoms with E-state index in [2.05, 4.69) is 60.7 Å². The molecule has 2 aromatic carbocycles. The third-order valence-electron chi connectivity index (χ3n) is 6.11. The first kappa shape index (κ1) is 23.6. The minimum absolute atomic E-state index is 0.132. The number of amides is 1. The van der Waals surface area contributed by atoms with Gasteiger partial charge in [0.2, 0.25) is 0 Å². The Morgan fingerprint density at radius 1 is 1.12 bits per heavy atom. The van der Waals surface area contributed by atoms with Crippen molar-refractivity contribution >= 4 is 40.6 Å². The molecular weight excluding hydrogens is 446 g/mol. The summed E-state index contributed by atoms with van der Waals surface area (Å²) in [5, 5.41) is 9.90. The van der Waals surface area contributed by atoms with Crippen molar-refractivity contribution in [3.05, 3.63) is 87.1 Å². The first-order valence-corrected chi connectivity index (χ1v) is 11.9. The number of likely N-dealkylation sites (N-methyl/N-ethyl adjacent to an activating group) is 1. The number of aryl methyl sites for hydroxylation is 2. The topological polar surface area (TPSA) is 74.9 Å². The fourth-order valence-corrected chi connectivity index (χ4v) is 5.05. The lowest BCUT2D eigenvalue weighted by Crippen LogP contribution is -2.23. The van der Waals surface area contributed by atoms with Gasteiger partial charge in [0.05, 0.1) is 16.2 Å². The molecular formula is C27H27N3O3S. The van der Waals surface area contributed by atoms with Crippen molar-refractivity contribution in [3.63, 3.8) is 0 Å². The van der Waals surface area contributed by atoms with Gasteiger partial charge in [-0.25, -0.2) is 9.79 Å². The number of benzene rings is 2. The summed E-state index contributed by atoms with van der Waals surface area (Å²) in [6, 6.07) is 15.6. The molecule has 34 heavy (non-hydrogen) atoms. The minimum Gasteiger partial charge on any atom is -0.478 e. The molecule has 0 bridgehead atoms. The second-order valence-electron chi connectivity index (χ2n) is 8.31. The number of carbonyl (C=O) groups is 2. The molecule has 2 heterocycles. The Labute approximate surface area is 203 Å². The van der Waals surface area contributed by atoms with Crippen LogP contribution < -0.4 is 0 Å². The van der Waals surface area contributed by atoms with Gasteiger partial charge in [-0.15, -0.1) is 0 Å². The molecule has 0 saturated carbocycles. The number of aliphatic imine (C=N–C) groups is 1. The van der Waals surface area contributed by atoms with Crippen LogP contribution in [-0.4, -0.2) is 38.7 Å². The number of thioether (sulfide) groups is 1. The summed E-state index contributed by atoms with van der Waals surface area (Å²) in [5.41, 5.74) is 6.82. The molecule has 1 amide bonds. The maximum atomic E-state index is 13.0. The Hall–Kier alpha value is -3.58. The van der Waals surface area contributed by atoms with Gasteiger partial charge in [0.1, 0.15) is 0 Å². The predicted molar refractivity (Wildman–Crippen MR) is 138 cm³/mol. The molecule has 0 unspecified atom stereocenters. The molecule has 4 rings (SSSR count). The summed E-state index contributed by atoms with van der Waals surface area (Å²) in [6.07, 6.45) is 2.91. The summed E-state index contributed by atoms with van der Waals surface area (Å²) in [6.45, 7) is 7.98. The summed E-state index contributed by atoms with van der Waals surface area (Å²) >= 11 is 1.29. The van der Waals surface area contributed by atoms with Crippen LogP contribution in [0.3, 0.4) is 0 Å². The van der Waals surface area contributed by atoms with Gasteiger partial charge in [-0.3, -0.25) is 9.69 Å². The molecule has 0 radical (unpaired) electrons.